The maximum atomic E-state index is 6.12. The lowest BCUT2D eigenvalue weighted by Crippen LogP contribution is -2.17. The molecule has 2 heterocycles. The van der Waals surface area contributed by atoms with E-state index in [1.165, 1.54) is 12.8 Å². The van der Waals surface area contributed by atoms with Gasteiger partial charge in [0.05, 0.1) is 18.2 Å². The van der Waals surface area contributed by atoms with Crippen LogP contribution in [0.1, 0.15) is 44.3 Å². The Morgan fingerprint density at radius 1 is 1.37 bits per heavy atom. The van der Waals surface area contributed by atoms with Crippen molar-refractivity contribution in [2.45, 2.75) is 45.1 Å². The average molecular weight is 260 g/mol. The Kier molecular flexibility index (Phi) is 2.93. The Balaban J connectivity index is 2.05. The highest BCUT2D eigenvalue weighted by molar-refractivity contribution is 5.68. The lowest BCUT2D eigenvalue weighted by Gasteiger charge is -2.08. The van der Waals surface area contributed by atoms with Crippen molar-refractivity contribution in [1.29, 1.82) is 0 Å². The highest BCUT2D eigenvalue weighted by atomic mass is 15.4. The van der Waals surface area contributed by atoms with E-state index in [0.717, 1.165) is 36.6 Å². The second-order valence-electron chi connectivity index (χ2n) is 5.12. The van der Waals surface area contributed by atoms with Crippen molar-refractivity contribution < 1.29 is 0 Å². The molecule has 0 bridgehead atoms. The van der Waals surface area contributed by atoms with E-state index >= 15 is 0 Å². The van der Waals surface area contributed by atoms with Gasteiger partial charge in [-0.15, -0.1) is 0 Å². The number of hydrogen-bond acceptors (Lipinski definition) is 4. The standard InChI is InChI=1S/C13H20N6/c1-2-18-8-16-7-10(18)11-12(14)19(15)13(17-11)9-5-3-4-6-9/h7-9H,2-6,14-15H2,1H3. The number of nitrogens with two attached hydrogens (primary N) is 2. The van der Waals surface area contributed by atoms with Crippen LogP contribution < -0.4 is 11.6 Å². The van der Waals surface area contributed by atoms with Crippen LogP contribution in [0.25, 0.3) is 11.4 Å². The molecule has 0 spiro atoms. The first-order chi connectivity index (χ1) is 9.22. The monoisotopic (exact) mass is 260 g/mol. The van der Waals surface area contributed by atoms with Crippen molar-refractivity contribution in [2.75, 3.05) is 11.6 Å². The van der Waals surface area contributed by atoms with Gasteiger partial charge in [0.25, 0.3) is 0 Å². The van der Waals surface area contributed by atoms with Crippen LogP contribution in [0.5, 0.6) is 0 Å². The van der Waals surface area contributed by atoms with Gasteiger partial charge in [-0.3, -0.25) is 0 Å². The summed E-state index contributed by atoms with van der Waals surface area (Å²) < 4.78 is 3.58. The molecule has 0 unspecified atom stereocenters. The molecule has 6 heteroatoms. The number of aryl methyl sites for hydroxylation is 1. The number of nitrogens with zero attached hydrogens (tertiary/aromatic N) is 4. The number of hydrogen-bond donors (Lipinski definition) is 2. The Hall–Kier alpha value is -1.98. The van der Waals surface area contributed by atoms with Crippen molar-refractivity contribution in [3.63, 3.8) is 0 Å². The number of imidazole rings is 2. The van der Waals surface area contributed by atoms with Crippen LogP contribution in [0.4, 0.5) is 5.82 Å². The Labute approximate surface area is 112 Å². The van der Waals surface area contributed by atoms with Gasteiger partial charge in [0.1, 0.15) is 11.5 Å². The average Bonchev–Trinajstić information content (AvgIpc) is 3.12. The van der Waals surface area contributed by atoms with E-state index in [2.05, 4.69) is 11.9 Å². The Bertz CT molecular complexity index is 576. The first-order valence-electron chi connectivity index (χ1n) is 6.86. The van der Waals surface area contributed by atoms with Crippen molar-refractivity contribution in [2.24, 2.45) is 0 Å². The van der Waals surface area contributed by atoms with E-state index in [1.54, 1.807) is 17.2 Å². The van der Waals surface area contributed by atoms with E-state index in [0.29, 0.717) is 11.7 Å². The van der Waals surface area contributed by atoms with Crippen LogP contribution in [0.2, 0.25) is 0 Å². The number of rotatable bonds is 3. The van der Waals surface area contributed by atoms with E-state index in [9.17, 15) is 0 Å². The molecule has 3 rings (SSSR count). The van der Waals surface area contributed by atoms with E-state index < -0.39 is 0 Å². The zero-order valence-electron chi connectivity index (χ0n) is 11.2. The van der Waals surface area contributed by atoms with Gasteiger partial charge in [0.2, 0.25) is 0 Å². The summed E-state index contributed by atoms with van der Waals surface area (Å²) in [4.78, 5) is 8.86. The quantitative estimate of drug-likeness (QED) is 0.822. The number of nitrogen functional groups attached to an aromatic ring is 2. The summed E-state index contributed by atoms with van der Waals surface area (Å²) in [5.74, 6) is 7.96. The van der Waals surface area contributed by atoms with Gasteiger partial charge in [-0.2, -0.15) is 0 Å². The van der Waals surface area contributed by atoms with Crippen molar-refractivity contribution >= 4 is 5.82 Å². The van der Waals surface area contributed by atoms with Crippen LogP contribution in [0.15, 0.2) is 12.5 Å². The maximum Gasteiger partial charge on any atom is 0.152 e. The Morgan fingerprint density at radius 3 is 2.79 bits per heavy atom. The molecular formula is C13H20N6. The molecule has 0 amide bonds. The molecule has 2 aromatic rings. The largest absolute Gasteiger partial charge is 0.382 e. The lowest BCUT2D eigenvalue weighted by atomic mass is 10.1. The summed E-state index contributed by atoms with van der Waals surface area (Å²) in [6.07, 6.45) is 8.39. The summed E-state index contributed by atoms with van der Waals surface area (Å²) in [6, 6.07) is 0. The summed E-state index contributed by atoms with van der Waals surface area (Å²) in [5.41, 5.74) is 7.81. The SMILES string of the molecule is CCn1cncc1-c1nc(C2CCCC2)n(N)c1N. The molecule has 0 atom stereocenters. The van der Waals surface area contributed by atoms with Gasteiger partial charge in [-0.1, -0.05) is 12.8 Å². The fourth-order valence-electron chi connectivity index (χ4n) is 2.89. The summed E-state index contributed by atoms with van der Waals surface area (Å²) in [5, 5.41) is 0. The van der Waals surface area contributed by atoms with Crippen LogP contribution in [0, 0.1) is 0 Å². The smallest absolute Gasteiger partial charge is 0.152 e. The van der Waals surface area contributed by atoms with E-state index in [-0.39, 0.29) is 0 Å². The van der Waals surface area contributed by atoms with Crippen LogP contribution >= 0.6 is 0 Å². The molecular weight excluding hydrogens is 240 g/mol. The third-order valence-corrected chi connectivity index (χ3v) is 3.99. The maximum absolute atomic E-state index is 6.12. The van der Waals surface area contributed by atoms with Gasteiger partial charge >= 0.3 is 0 Å². The molecule has 0 radical (unpaired) electrons. The summed E-state index contributed by atoms with van der Waals surface area (Å²) in [6.45, 7) is 2.91. The highest BCUT2D eigenvalue weighted by Crippen LogP contribution is 2.36. The molecule has 19 heavy (non-hydrogen) atoms. The Morgan fingerprint density at radius 2 is 2.11 bits per heavy atom. The fraction of sp³-hybridized carbons (Fsp3) is 0.538. The van der Waals surface area contributed by atoms with Gasteiger partial charge in [-0.05, 0) is 19.8 Å². The highest BCUT2D eigenvalue weighted by Gasteiger charge is 2.25. The number of anilines is 1. The third-order valence-electron chi connectivity index (χ3n) is 3.99. The van der Waals surface area contributed by atoms with Crippen molar-refractivity contribution in [1.82, 2.24) is 19.2 Å². The molecule has 6 nitrogen and oxygen atoms in total. The van der Waals surface area contributed by atoms with Gasteiger partial charge in [-0.25, -0.2) is 14.6 Å². The van der Waals surface area contributed by atoms with Gasteiger partial charge < -0.3 is 16.1 Å². The van der Waals surface area contributed by atoms with Crippen LogP contribution in [-0.4, -0.2) is 19.2 Å². The van der Waals surface area contributed by atoms with E-state index in [4.69, 9.17) is 16.6 Å². The molecule has 1 saturated carbocycles. The molecule has 0 saturated heterocycles. The predicted octanol–water partition coefficient (Wildman–Crippen LogP) is 1.72. The molecule has 1 fully saturated rings. The molecule has 0 aliphatic heterocycles. The van der Waals surface area contributed by atoms with Gasteiger partial charge in [0.15, 0.2) is 5.82 Å². The zero-order valence-corrected chi connectivity index (χ0v) is 11.2. The first-order valence-corrected chi connectivity index (χ1v) is 6.86. The van der Waals surface area contributed by atoms with E-state index in [1.807, 2.05) is 4.57 Å². The minimum absolute atomic E-state index is 0.444. The van der Waals surface area contributed by atoms with Crippen molar-refractivity contribution in [3.8, 4) is 11.4 Å². The summed E-state index contributed by atoms with van der Waals surface area (Å²) in [7, 11) is 0. The minimum Gasteiger partial charge on any atom is -0.382 e. The van der Waals surface area contributed by atoms with Crippen molar-refractivity contribution in [3.05, 3.63) is 18.3 Å². The molecule has 4 N–H and O–H groups in total. The van der Waals surface area contributed by atoms with Crippen LogP contribution in [0.3, 0.4) is 0 Å². The second-order valence-corrected chi connectivity index (χ2v) is 5.12. The lowest BCUT2D eigenvalue weighted by molar-refractivity contribution is 0.648. The fourth-order valence-corrected chi connectivity index (χ4v) is 2.89. The minimum atomic E-state index is 0.444. The molecule has 102 valence electrons. The molecule has 1 aliphatic carbocycles. The zero-order chi connectivity index (χ0) is 13.4. The normalized spacial score (nSPS) is 16.3. The second kappa shape index (κ2) is 4.60. The van der Waals surface area contributed by atoms with Crippen LogP contribution in [-0.2, 0) is 6.54 Å². The predicted molar refractivity (Wildman–Crippen MR) is 74.9 cm³/mol. The van der Waals surface area contributed by atoms with Gasteiger partial charge in [0, 0.05) is 12.5 Å². The topological polar surface area (TPSA) is 87.7 Å². The molecule has 2 aromatic heterocycles. The first kappa shape index (κ1) is 12.1. The third kappa shape index (κ3) is 1.87. The molecule has 0 aromatic carbocycles. The molecule has 1 aliphatic rings. The number of aromatic nitrogens is 4. The summed E-state index contributed by atoms with van der Waals surface area (Å²) >= 11 is 0.